The minimum absolute atomic E-state index is 0.0633. The van der Waals surface area contributed by atoms with Crippen LogP contribution < -0.4 is 5.32 Å². The first kappa shape index (κ1) is 17.5. The third-order valence-electron chi connectivity index (χ3n) is 5.25. The van der Waals surface area contributed by atoms with E-state index < -0.39 is 0 Å². The van der Waals surface area contributed by atoms with Gasteiger partial charge in [0.15, 0.2) is 5.11 Å². The lowest BCUT2D eigenvalue weighted by Gasteiger charge is -2.29. The predicted molar refractivity (Wildman–Crippen MR) is 106 cm³/mol. The first-order valence-corrected chi connectivity index (χ1v) is 9.93. The van der Waals surface area contributed by atoms with E-state index in [-0.39, 0.29) is 12.1 Å². The molecule has 0 aliphatic carbocycles. The summed E-state index contributed by atoms with van der Waals surface area (Å²) in [7, 11) is 0. The fourth-order valence-corrected chi connectivity index (χ4v) is 4.41. The van der Waals surface area contributed by atoms with Crippen LogP contribution in [-0.4, -0.2) is 38.8 Å². The average molecular weight is 371 g/mol. The smallest absolute Gasteiger partial charge is 0.170 e. The van der Waals surface area contributed by atoms with Crippen molar-refractivity contribution < 1.29 is 4.74 Å². The molecule has 5 nitrogen and oxygen atoms in total. The molecule has 26 heavy (non-hydrogen) atoms. The zero-order valence-electron chi connectivity index (χ0n) is 15.2. The van der Waals surface area contributed by atoms with E-state index in [1.807, 2.05) is 18.3 Å². The van der Waals surface area contributed by atoms with Gasteiger partial charge in [-0.25, -0.2) is 0 Å². The summed E-state index contributed by atoms with van der Waals surface area (Å²) in [5, 5.41) is 4.33. The fraction of sp³-hybridized carbons (Fsp3) is 0.500. The zero-order chi connectivity index (χ0) is 17.9. The van der Waals surface area contributed by atoms with Crippen LogP contribution in [0.4, 0.5) is 0 Å². The number of ether oxygens (including phenoxy) is 1. The van der Waals surface area contributed by atoms with Crippen LogP contribution in [0.3, 0.4) is 0 Å². The number of pyridine rings is 1. The van der Waals surface area contributed by atoms with Crippen LogP contribution in [0, 0.1) is 0 Å². The Morgan fingerprint density at radius 3 is 2.96 bits per heavy atom. The van der Waals surface area contributed by atoms with Crippen LogP contribution in [0.25, 0.3) is 0 Å². The second-order valence-corrected chi connectivity index (χ2v) is 7.43. The molecule has 0 unspecified atom stereocenters. The van der Waals surface area contributed by atoms with E-state index in [4.69, 9.17) is 17.0 Å². The molecule has 2 aromatic rings. The van der Waals surface area contributed by atoms with Gasteiger partial charge in [-0.1, -0.05) is 13.0 Å². The summed E-state index contributed by atoms with van der Waals surface area (Å²) in [6.45, 7) is 4.92. The van der Waals surface area contributed by atoms with Crippen molar-refractivity contribution in [3.8, 4) is 0 Å². The number of rotatable bonds is 6. The Morgan fingerprint density at radius 2 is 2.23 bits per heavy atom. The summed E-state index contributed by atoms with van der Waals surface area (Å²) in [6.07, 6.45) is 7.69. The molecule has 2 fully saturated rings. The van der Waals surface area contributed by atoms with Gasteiger partial charge in [0.2, 0.25) is 0 Å². The molecule has 2 saturated heterocycles. The minimum atomic E-state index is 0.0633. The summed E-state index contributed by atoms with van der Waals surface area (Å²) >= 11 is 5.67. The molecule has 4 rings (SSSR count). The SMILES string of the molecule is CCCN1C(=S)N[C@H](c2ccccn2)[C@@H]1c1cccn1C[C@H]1CCCO1. The highest BCUT2D eigenvalue weighted by molar-refractivity contribution is 7.80. The van der Waals surface area contributed by atoms with Crippen LogP contribution in [0.15, 0.2) is 42.7 Å². The molecule has 2 aliphatic rings. The molecule has 1 N–H and O–H groups in total. The molecule has 6 heteroatoms. The average Bonchev–Trinajstić information content (AvgIpc) is 3.39. The maximum absolute atomic E-state index is 5.86. The van der Waals surface area contributed by atoms with Gasteiger partial charge in [0.05, 0.1) is 23.9 Å². The van der Waals surface area contributed by atoms with E-state index >= 15 is 0 Å². The summed E-state index contributed by atoms with van der Waals surface area (Å²) in [5.41, 5.74) is 2.31. The Labute approximate surface area is 160 Å². The first-order chi connectivity index (χ1) is 12.8. The molecule has 0 bridgehead atoms. The van der Waals surface area contributed by atoms with Crippen LogP contribution in [0.2, 0.25) is 0 Å². The van der Waals surface area contributed by atoms with E-state index in [0.29, 0.717) is 6.10 Å². The molecule has 0 radical (unpaired) electrons. The van der Waals surface area contributed by atoms with Crippen molar-refractivity contribution in [3.63, 3.8) is 0 Å². The molecule has 3 atom stereocenters. The van der Waals surface area contributed by atoms with E-state index in [0.717, 1.165) is 49.8 Å². The monoisotopic (exact) mass is 370 g/mol. The number of nitrogens with one attached hydrogen (secondary N) is 1. The summed E-state index contributed by atoms with van der Waals surface area (Å²) in [4.78, 5) is 6.92. The van der Waals surface area contributed by atoms with Crippen molar-refractivity contribution >= 4 is 17.3 Å². The van der Waals surface area contributed by atoms with Crippen molar-refractivity contribution in [1.82, 2.24) is 19.8 Å². The molecule has 0 spiro atoms. The molecule has 2 aromatic heterocycles. The third kappa shape index (κ3) is 3.35. The van der Waals surface area contributed by atoms with Crippen LogP contribution in [0.1, 0.15) is 49.7 Å². The lowest BCUT2D eigenvalue weighted by atomic mass is 10.0. The number of thiocarbonyl (C=S) groups is 1. The molecule has 0 aromatic carbocycles. The molecule has 4 heterocycles. The Morgan fingerprint density at radius 1 is 1.31 bits per heavy atom. The van der Waals surface area contributed by atoms with Gasteiger partial charge >= 0.3 is 0 Å². The second-order valence-electron chi connectivity index (χ2n) is 7.04. The Bertz CT molecular complexity index is 741. The largest absolute Gasteiger partial charge is 0.376 e. The standard InChI is InChI=1S/C20H26N4OS/c1-2-11-24-19(18(22-20(24)26)16-8-3-4-10-21-16)17-9-5-12-23(17)14-15-7-6-13-25-15/h3-5,8-10,12,15,18-19H,2,6-7,11,13-14H2,1H3,(H,22,26)/t15-,18-,19+/m1/s1. The molecule has 0 saturated carbocycles. The van der Waals surface area contributed by atoms with Crippen molar-refractivity contribution in [1.29, 1.82) is 0 Å². The van der Waals surface area contributed by atoms with Gasteiger partial charge in [-0.3, -0.25) is 4.98 Å². The normalized spacial score (nSPS) is 25.7. The van der Waals surface area contributed by atoms with Crippen LogP contribution in [-0.2, 0) is 11.3 Å². The third-order valence-corrected chi connectivity index (χ3v) is 5.61. The topological polar surface area (TPSA) is 42.3 Å². The summed E-state index contributed by atoms with van der Waals surface area (Å²) < 4.78 is 8.20. The van der Waals surface area contributed by atoms with E-state index in [1.54, 1.807) is 0 Å². The van der Waals surface area contributed by atoms with Gasteiger partial charge in [0, 0.05) is 37.8 Å². The van der Waals surface area contributed by atoms with Crippen molar-refractivity contribution in [2.24, 2.45) is 0 Å². The minimum Gasteiger partial charge on any atom is -0.376 e. The Kier molecular flexibility index (Phi) is 5.22. The van der Waals surface area contributed by atoms with Crippen molar-refractivity contribution in [3.05, 3.63) is 54.1 Å². The highest BCUT2D eigenvalue weighted by Gasteiger charge is 2.40. The molecule has 138 valence electrons. The fourth-order valence-electron chi connectivity index (χ4n) is 4.08. The van der Waals surface area contributed by atoms with Gasteiger partial charge < -0.3 is 19.5 Å². The summed E-state index contributed by atoms with van der Waals surface area (Å²) in [6, 6.07) is 10.6. The number of hydrogen-bond donors (Lipinski definition) is 1. The zero-order valence-corrected chi connectivity index (χ0v) is 16.0. The van der Waals surface area contributed by atoms with Crippen LogP contribution in [0.5, 0.6) is 0 Å². The summed E-state index contributed by atoms with van der Waals surface area (Å²) in [5.74, 6) is 0. The maximum Gasteiger partial charge on any atom is 0.170 e. The van der Waals surface area contributed by atoms with E-state index in [9.17, 15) is 0 Å². The lowest BCUT2D eigenvalue weighted by molar-refractivity contribution is 0.0953. The van der Waals surface area contributed by atoms with Crippen molar-refractivity contribution in [2.75, 3.05) is 13.2 Å². The lowest BCUT2D eigenvalue weighted by Crippen LogP contribution is -2.31. The van der Waals surface area contributed by atoms with Gasteiger partial charge in [0.25, 0.3) is 0 Å². The highest BCUT2D eigenvalue weighted by Crippen LogP contribution is 2.39. The molecular formula is C20H26N4OS. The van der Waals surface area contributed by atoms with Gasteiger partial charge in [-0.05, 0) is 55.7 Å². The van der Waals surface area contributed by atoms with E-state index in [1.165, 1.54) is 5.69 Å². The van der Waals surface area contributed by atoms with Crippen LogP contribution >= 0.6 is 12.2 Å². The quantitative estimate of drug-likeness (QED) is 0.789. The Balaban J connectivity index is 1.68. The predicted octanol–water partition coefficient (Wildman–Crippen LogP) is 3.44. The number of nitrogens with zero attached hydrogens (tertiary/aromatic N) is 3. The molecule has 2 aliphatic heterocycles. The number of hydrogen-bond acceptors (Lipinski definition) is 3. The van der Waals surface area contributed by atoms with Crippen molar-refractivity contribution in [2.45, 2.75) is 50.9 Å². The van der Waals surface area contributed by atoms with Gasteiger partial charge in [-0.2, -0.15) is 0 Å². The van der Waals surface area contributed by atoms with Gasteiger partial charge in [-0.15, -0.1) is 0 Å². The van der Waals surface area contributed by atoms with Gasteiger partial charge in [0.1, 0.15) is 0 Å². The maximum atomic E-state index is 5.86. The highest BCUT2D eigenvalue weighted by atomic mass is 32.1. The molecular weight excluding hydrogens is 344 g/mol. The molecule has 0 amide bonds. The first-order valence-electron chi connectivity index (χ1n) is 9.52. The second kappa shape index (κ2) is 7.76. The number of aromatic nitrogens is 2. The van der Waals surface area contributed by atoms with E-state index in [2.05, 4.69) is 51.1 Å². The Hall–Kier alpha value is -1.92.